The predicted molar refractivity (Wildman–Crippen MR) is 210 cm³/mol. The van der Waals surface area contributed by atoms with Crippen molar-refractivity contribution in [2.24, 2.45) is 5.92 Å². The van der Waals surface area contributed by atoms with E-state index >= 15 is 0 Å². The summed E-state index contributed by atoms with van der Waals surface area (Å²) in [6.45, 7) is 11.0. The molecular formula is C47H47NO2. The van der Waals surface area contributed by atoms with Crippen molar-refractivity contribution in [2.45, 2.75) is 60.3 Å². The second-order valence-corrected chi connectivity index (χ2v) is 13.7. The van der Waals surface area contributed by atoms with Gasteiger partial charge in [0.2, 0.25) is 0 Å². The number of ether oxygens (including phenoxy) is 1. The molecule has 0 spiro atoms. The van der Waals surface area contributed by atoms with E-state index < -0.39 is 0 Å². The van der Waals surface area contributed by atoms with Gasteiger partial charge in [0, 0.05) is 17.1 Å². The number of anilines is 3. The molecule has 6 rings (SSSR count). The molecule has 0 N–H and O–H groups in total. The molecule has 0 bridgehead atoms. The van der Waals surface area contributed by atoms with Crippen LogP contribution >= 0.6 is 0 Å². The van der Waals surface area contributed by atoms with Gasteiger partial charge in [-0.2, -0.15) is 0 Å². The minimum atomic E-state index is -0.367. The van der Waals surface area contributed by atoms with E-state index in [1.807, 2.05) is 36.4 Å². The van der Waals surface area contributed by atoms with Crippen LogP contribution in [-0.2, 0) is 12.8 Å². The molecule has 0 radical (unpaired) electrons. The third-order valence-electron chi connectivity index (χ3n) is 9.24. The molecule has 0 fully saturated rings. The number of esters is 1. The average Bonchev–Trinajstić information content (AvgIpc) is 3.14. The van der Waals surface area contributed by atoms with Crippen molar-refractivity contribution in [3.63, 3.8) is 0 Å². The number of aryl methyl sites for hydroxylation is 4. The van der Waals surface area contributed by atoms with Crippen molar-refractivity contribution >= 4 is 23.0 Å². The third kappa shape index (κ3) is 8.41. The quantitative estimate of drug-likeness (QED) is 0.0969. The summed E-state index contributed by atoms with van der Waals surface area (Å²) < 4.78 is 5.80. The zero-order valence-electron chi connectivity index (χ0n) is 29.9. The van der Waals surface area contributed by atoms with Crippen LogP contribution in [0.15, 0.2) is 140 Å². The SMILES string of the molecule is CCCc1ccc(CCC(C)C)cc1-c1ccc(OC(=O)c2ccc(-c3ccc(N(c4ccc(C)cc4)c4ccc(C)cc4)cc3)cc2)cc1. The zero-order chi connectivity index (χ0) is 35.0. The molecule has 0 saturated carbocycles. The summed E-state index contributed by atoms with van der Waals surface area (Å²) >= 11 is 0. The van der Waals surface area contributed by atoms with Gasteiger partial charge in [-0.15, -0.1) is 0 Å². The van der Waals surface area contributed by atoms with E-state index in [2.05, 4.69) is 143 Å². The highest BCUT2D eigenvalue weighted by Crippen LogP contribution is 2.36. The molecule has 6 aromatic rings. The van der Waals surface area contributed by atoms with Crippen molar-refractivity contribution in [2.75, 3.05) is 4.90 Å². The van der Waals surface area contributed by atoms with Crippen molar-refractivity contribution in [3.05, 3.63) is 167 Å². The topological polar surface area (TPSA) is 29.5 Å². The van der Waals surface area contributed by atoms with Gasteiger partial charge in [-0.1, -0.05) is 117 Å². The Morgan fingerprint density at radius 3 is 1.62 bits per heavy atom. The molecule has 0 aromatic heterocycles. The zero-order valence-corrected chi connectivity index (χ0v) is 29.9. The molecule has 0 heterocycles. The average molecular weight is 658 g/mol. The first-order valence-corrected chi connectivity index (χ1v) is 17.9. The molecule has 50 heavy (non-hydrogen) atoms. The van der Waals surface area contributed by atoms with Crippen molar-refractivity contribution in [1.29, 1.82) is 0 Å². The number of hydrogen-bond donors (Lipinski definition) is 0. The number of carbonyl (C=O) groups excluding carboxylic acids is 1. The van der Waals surface area contributed by atoms with Gasteiger partial charge in [0.15, 0.2) is 0 Å². The fraction of sp³-hybridized carbons (Fsp3) is 0.213. The van der Waals surface area contributed by atoms with Gasteiger partial charge in [-0.25, -0.2) is 4.79 Å². The Hall–Kier alpha value is -5.41. The van der Waals surface area contributed by atoms with Crippen LogP contribution in [0.5, 0.6) is 5.75 Å². The molecule has 0 aliphatic rings. The second kappa shape index (κ2) is 15.9. The summed E-state index contributed by atoms with van der Waals surface area (Å²) in [5.41, 5.74) is 13.5. The summed E-state index contributed by atoms with van der Waals surface area (Å²) in [5.74, 6) is 0.850. The monoisotopic (exact) mass is 657 g/mol. The van der Waals surface area contributed by atoms with Crippen LogP contribution in [0, 0.1) is 19.8 Å². The lowest BCUT2D eigenvalue weighted by Crippen LogP contribution is -2.09. The molecule has 0 aliphatic carbocycles. The fourth-order valence-electron chi connectivity index (χ4n) is 6.30. The second-order valence-electron chi connectivity index (χ2n) is 13.7. The van der Waals surface area contributed by atoms with Gasteiger partial charge < -0.3 is 9.64 Å². The number of carbonyl (C=O) groups is 1. The summed E-state index contributed by atoms with van der Waals surface area (Å²) in [6.07, 6.45) is 4.39. The fourth-order valence-corrected chi connectivity index (χ4v) is 6.30. The molecule has 3 heteroatoms. The lowest BCUT2D eigenvalue weighted by molar-refractivity contribution is 0.0735. The van der Waals surface area contributed by atoms with Crippen LogP contribution in [0.3, 0.4) is 0 Å². The number of nitrogens with zero attached hydrogens (tertiary/aromatic N) is 1. The molecule has 252 valence electrons. The Balaban J connectivity index is 1.14. The maximum Gasteiger partial charge on any atom is 0.343 e. The maximum absolute atomic E-state index is 13.1. The normalized spacial score (nSPS) is 11.1. The number of benzene rings is 6. The minimum absolute atomic E-state index is 0.367. The van der Waals surface area contributed by atoms with Gasteiger partial charge >= 0.3 is 5.97 Å². The molecular weight excluding hydrogens is 611 g/mol. The van der Waals surface area contributed by atoms with E-state index in [0.29, 0.717) is 17.2 Å². The predicted octanol–water partition coefficient (Wildman–Crippen LogP) is 12.9. The van der Waals surface area contributed by atoms with Gasteiger partial charge in [0.1, 0.15) is 5.75 Å². The van der Waals surface area contributed by atoms with E-state index in [1.54, 1.807) is 0 Å². The van der Waals surface area contributed by atoms with Crippen LogP contribution in [0.25, 0.3) is 22.3 Å². The smallest absolute Gasteiger partial charge is 0.343 e. The summed E-state index contributed by atoms with van der Waals surface area (Å²) in [6, 6.07) is 48.2. The van der Waals surface area contributed by atoms with Gasteiger partial charge in [-0.3, -0.25) is 0 Å². The summed E-state index contributed by atoms with van der Waals surface area (Å²) in [7, 11) is 0. The van der Waals surface area contributed by atoms with E-state index in [0.717, 1.165) is 53.0 Å². The van der Waals surface area contributed by atoms with E-state index in [-0.39, 0.29) is 5.97 Å². The standard InChI is InChI=1S/C47H47NO2/c1-6-7-39-15-14-36(13-8-33(2)3)32-46(39)40-22-30-45(31-23-40)50-47(49)41-18-16-37(17-19-41)38-20-28-44(29-21-38)48(42-24-9-34(4)10-25-42)43-26-11-35(5)12-27-43/h9-12,14-33H,6-8,13H2,1-5H3. The Bertz CT molecular complexity index is 1960. The molecule has 0 aliphatic heterocycles. The van der Waals surface area contributed by atoms with Crippen LogP contribution in [-0.4, -0.2) is 5.97 Å². The number of rotatable bonds is 12. The van der Waals surface area contributed by atoms with E-state index in [4.69, 9.17) is 4.74 Å². The molecule has 3 nitrogen and oxygen atoms in total. The van der Waals surface area contributed by atoms with Crippen LogP contribution in [0.4, 0.5) is 17.1 Å². The van der Waals surface area contributed by atoms with Crippen LogP contribution in [0.2, 0.25) is 0 Å². The highest BCUT2D eigenvalue weighted by Gasteiger charge is 2.14. The Morgan fingerprint density at radius 1 is 0.600 bits per heavy atom. The summed E-state index contributed by atoms with van der Waals surface area (Å²) in [5, 5.41) is 0. The van der Waals surface area contributed by atoms with Crippen LogP contribution in [0.1, 0.15) is 66.2 Å². The third-order valence-corrected chi connectivity index (χ3v) is 9.24. The number of hydrogen-bond acceptors (Lipinski definition) is 3. The van der Waals surface area contributed by atoms with Gasteiger partial charge in [0.05, 0.1) is 5.56 Å². The first-order valence-electron chi connectivity index (χ1n) is 17.9. The molecule has 6 aromatic carbocycles. The van der Waals surface area contributed by atoms with Gasteiger partial charge in [-0.05, 0) is 133 Å². The Morgan fingerprint density at radius 2 is 1.10 bits per heavy atom. The Kier molecular flexibility index (Phi) is 10.9. The molecule has 0 unspecified atom stereocenters. The van der Waals surface area contributed by atoms with E-state index in [9.17, 15) is 4.79 Å². The first kappa shape index (κ1) is 34.5. The maximum atomic E-state index is 13.1. The Labute approximate surface area is 298 Å². The molecule has 0 saturated heterocycles. The molecule has 0 atom stereocenters. The van der Waals surface area contributed by atoms with Gasteiger partial charge in [0.25, 0.3) is 0 Å². The van der Waals surface area contributed by atoms with Crippen molar-refractivity contribution < 1.29 is 9.53 Å². The molecule has 0 amide bonds. The van der Waals surface area contributed by atoms with E-state index in [1.165, 1.54) is 34.2 Å². The summed E-state index contributed by atoms with van der Waals surface area (Å²) in [4.78, 5) is 15.4. The largest absolute Gasteiger partial charge is 0.423 e. The highest BCUT2D eigenvalue weighted by molar-refractivity contribution is 5.92. The first-order chi connectivity index (χ1) is 24.3. The van der Waals surface area contributed by atoms with Crippen molar-refractivity contribution in [3.8, 4) is 28.0 Å². The lowest BCUT2D eigenvalue weighted by Gasteiger charge is -2.26. The lowest BCUT2D eigenvalue weighted by atomic mass is 9.92. The minimum Gasteiger partial charge on any atom is -0.423 e. The van der Waals surface area contributed by atoms with Crippen molar-refractivity contribution in [1.82, 2.24) is 0 Å². The highest BCUT2D eigenvalue weighted by atomic mass is 16.5. The van der Waals surface area contributed by atoms with Crippen LogP contribution < -0.4 is 9.64 Å².